The first-order valence-corrected chi connectivity index (χ1v) is 10.7. The number of hydrogen-bond acceptors (Lipinski definition) is 4. The number of aliphatic hydroxyl groups excluding tert-OH is 1. The molecule has 2 atom stereocenters. The number of rotatable bonds is 6. The molecule has 0 spiro atoms. The number of aromatic nitrogens is 2. The highest BCUT2D eigenvalue weighted by Gasteiger charge is 2.28. The van der Waals surface area contributed by atoms with Crippen LogP contribution >= 0.6 is 0 Å². The average molecular weight is 423 g/mol. The molecule has 0 saturated carbocycles. The van der Waals surface area contributed by atoms with Crippen molar-refractivity contribution >= 4 is 5.97 Å². The number of ether oxygens (including phenoxy) is 1. The van der Waals surface area contributed by atoms with Crippen LogP contribution in [0.15, 0.2) is 54.9 Å². The Morgan fingerprint density at radius 2 is 1.87 bits per heavy atom. The van der Waals surface area contributed by atoms with Crippen molar-refractivity contribution in [2.24, 2.45) is 0 Å². The molecule has 0 amide bonds. The molecule has 4 rings (SSSR count). The summed E-state index contributed by atoms with van der Waals surface area (Å²) in [6, 6.07) is 12.6. The number of halogens is 1. The zero-order valence-electron chi connectivity index (χ0n) is 17.8. The first-order chi connectivity index (χ1) is 14.9. The molecule has 3 heterocycles. The molecular weight excluding hydrogens is 395 g/mol. The van der Waals surface area contributed by atoms with Crippen molar-refractivity contribution in [2.75, 3.05) is 0 Å². The highest BCUT2D eigenvalue weighted by atomic mass is 19.1. The second kappa shape index (κ2) is 9.02. The lowest BCUT2D eigenvalue weighted by molar-refractivity contribution is -0.160. The molecule has 1 N–H and O–H groups in total. The fourth-order valence-corrected chi connectivity index (χ4v) is 4.36. The van der Waals surface area contributed by atoms with E-state index in [0.29, 0.717) is 19.4 Å². The van der Waals surface area contributed by atoms with E-state index in [1.807, 2.05) is 12.1 Å². The molecule has 1 fully saturated rings. The van der Waals surface area contributed by atoms with Crippen LogP contribution in [-0.2, 0) is 16.1 Å². The maximum Gasteiger partial charge on any atom is 0.308 e. The van der Waals surface area contributed by atoms with Crippen molar-refractivity contribution in [3.05, 3.63) is 66.4 Å². The SMILES string of the molecule is CC(C)c1c(-c2ccncc2)cc(-c2ccc(F)cc2)n1CC[C@H]1C[C@H](O)CC(=O)O1. The Morgan fingerprint density at radius 1 is 1.16 bits per heavy atom. The van der Waals surface area contributed by atoms with Crippen molar-refractivity contribution in [2.45, 2.75) is 57.8 Å². The van der Waals surface area contributed by atoms with Crippen LogP contribution in [0.5, 0.6) is 0 Å². The molecule has 0 aliphatic carbocycles. The number of nitrogens with zero attached hydrogens (tertiary/aromatic N) is 2. The van der Waals surface area contributed by atoms with Crippen molar-refractivity contribution in [1.29, 1.82) is 0 Å². The highest BCUT2D eigenvalue weighted by molar-refractivity contribution is 5.75. The van der Waals surface area contributed by atoms with Gasteiger partial charge in [-0.3, -0.25) is 9.78 Å². The summed E-state index contributed by atoms with van der Waals surface area (Å²) in [6.45, 7) is 4.92. The van der Waals surface area contributed by atoms with Crippen LogP contribution in [0.4, 0.5) is 4.39 Å². The first-order valence-electron chi connectivity index (χ1n) is 10.7. The Morgan fingerprint density at radius 3 is 2.52 bits per heavy atom. The molecule has 1 aliphatic heterocycles. The molecule has 3 aromatic rings. The van der Waals surface area contributed by atoms with E-state index in [1.165, 1.54) is 12.1 Å². The third-order valence-corrected chi connectivity index (χ3v) is 5.73. The minimum Gasteiger partial charge on any atom is -0.462 e. The van der Waals surface area contributed by atoms with Crippen molar-refractivity contribution in [1.82, 2.24) is 9.55 Å². The van der Waals surface area contributed by atoms with Gasteiger partial charge in [0.15, 0.2) is 0 Å². The number of aliphatic hydroxyl groups is 1. The van der Waals surface area contributed by atoms with E-state index in [9.17, 15) is 14.3 Å². The van der Waals surface area contributed by atoms with E-state index >= 15 is 0 Å². The molecule has 2 aromatic heterocycles. The smallest absolute Gasteiger partial charge is 0.308 e. The first kappa shape index (κ1) is 21.2. The van der Waals surface area contributed by atoms with Gasteiger partial charge in [0.25, 0.3) is 0 Å². The standard InChI is InChI=1S/C25H27FN2O3/c1-16(2)25-22(17-7-10-27-11-8-17)15-23(18-3-5-19(26)6-4-18)28(25)12-9-21-13-20(29)14-24(30)31-21/h3-8,10-11,15-16,20-21,29H,9,12-14H2,1-2H3/t20-,21-/m0/s1. The van der Waals surface area contributed by atoms with Gasteiger partial charge >= 0.3 is 5.97 Å². The summed E-state index contributed by atoms with van der Waals surface area (Å²) < 4.78 is 21.3. The van der Waals surface area contributed by atoms with Crippen LogP contribution in [-0.4, -0.2) is 32.8 Å². The van der Waals surface area contributed by atoms with E-state index in [2.05, 4.69) is 29.5 Å². The van der Waals surface area contributed by atoms with Gasteiger partial charge in [-0.05, 0) is 59.5 Å². The monoisotopic (exact) mass is 422 g/mol. The van der Waals surface area contributed by atoms with Crippen LogP contribution in [0.3, 0.4) is 0 Å². The normalized spacial score (nSPS) is 18.9. The number of carbonyl (C=O) groups is 1. The van der Waals surface area contributed by atoms with Crippen LogP contribution in [0.2, 0.25) is 0 Å². The minimum atomic E-state index is -0.649. The molecule has 0 bridgehead atoms. The maximum absolute atomic E-state index is 13.6. The van der Waals surface area contributed by atoms with Gasteiger partial charge in [0.05, 0.1) is 12.5 Å². The number of pyridine rings is 1. The van der Waals surface area contributed by atoms with Crippen LogP contribution in [0.1, 0.15) is 44.7 Å². The van der Waals surface area contributed by atoms with Gasteiger partial charge in [-0.25, -0.2) is 4.39 Å². The molecule has 0 unspecified atom stereocenters. The summed E-state index contributed by atoms with van der Waals surface area (Å²) in [5.74, 6) is -0.392. The van der Waals surface area contributed by atoms with Gasteiger partial charge in [0.2, 0.25) is 0 Å². The molecule has 0 radical (unpaired) electrons. The molecule has 6 heteroatoms. The predicted octanol–water partition coefficient (Wildman–Crippen LogP) is 4.94. The van der Waals surface area contributed by atoms with Crippen molar-refractivity contribution in [3.63, 3.8) is 0 Å². The predicted molar refractivity (Wildman–Crippen MR) is 117 cm³/mol. The number of carbonyl (C=O) groups excluding carboxylic acids is 1. The summed E-state index contributed by atoms with van der Waals surface area (Å²) in [6.07, 6.45) is 3.70. The molecular formula is C25H27FN2O3. The van der Waals surface area contributed by atoms with Gasteiger partial charge < -0.3 is 14.4 Å². The Labute approximate surface area is 181 Å². The average Bonchev–Trinajstić information content (AvgIpc) is 3.12. The van der Waals surface area contributed by atoms with Gasteiger partial charge in [0.1, 0.15) is 11.9 Å². The Hall–Kier alpha value is -2.99. The molecule has 31 heavy (non-hydrogen) atoms. The third-order valence-electron chi connectivity index (χ3n) is 5.73. The summed E-state index contributed by atoms with van der Waals surface area (Å²) >= 11 is 0. The quantitative estimate of drug-likeness (QED) is 0.572. The van der Waals surface area contributed by atoms with Crippen molar-refractivity contribution in [3.8, 4) is 22.4 Å². The lowest BCUT2D eigenvalue weighted by Gasteiger charge is -2.27. The maximum atomic E-state index is 13.6. The Kier molecular flexibility index (Phi) is 6.18. The zero-order chi connectivity index (χ0) is 22.0. The van der Waals surface area contributed by atoms with Gasteiger partial charge in [-0.2, -0.15) is 0 Å². The molecule has 1 aliphatic rings. The van der Waals surface area contributed by atoms with Gasteiger partial charge in [-0.1, -0.05) is 13.8 Å². The third kappa shape index (κ3) is 4.69. The molecule has 5 nitrogen and oxygen atoms in total. The Bertz CT molecular complexity index is 1040. The van der Waals surface area contributed by atoms with E-state index in [4.69, 9.17) is 4.74 Å². The molecule has 162 valence electrons. The highest BCUT2D eigenvalue weighted by Crippen LogP contribution is 2.37. The molecule has 1 aromatic carbocycles. The van der Waals surface area contributed by atoms with E-state index < -0.39 is 6.10 Å². The van der Waals surface area contributed by atoms with Gasteiger partial charge in [-0.15, -0.1) is 0 Å². The Balaban J connectivity index is 1.76. The lowest BCUT2D eigenvalue weighted by Crippen LogP contribution is -2.33. The number of esters is 1. The number of benzene rings is 1. The summed E-state index contributed by atoms with van der Waals surface area (Å²) in [5.41, 5.74) is 5.24. The summed E-state index contributed by atoms with van der Waals surface area (Å²) in [4.78, 5) is 15.9. The fraction of sp³-hybridized carbons (Fsp3) is 0.360. The zero-order valence-corrected chi connectivity index (χ0v) is 17.8. The van der Waals surface area contributed by atoms with Gasteiger partial charge in [0, 0.05) is 48.7 Å². The number of cyclic esters (lactones) is 1. The summed E-state index contributed by atoms with van der Waals surface area (Å²) in [7, 11) is 0. The largest absolute Gasteiger partial charge is 0.462 e. The second-order valence-electron chi connectivity index (χ2n) is 8.37. The van der Waals surface area contributed by atoms with E-state index in [0.717, 1.165) is 28.1 Å². The fourth-order valence-electron chi connectivity index (χ4n) is 4.36. The second-order valence-corrected chi connectivity index (χ2v) is 8.37. The van der Waals surface area contributed by atoms with Crippen LogP contribution in [0.25, 0.3) is 22.4 Å². The van der Waals surface area contributed by atoms with Crippen LogP contribution < -0.4 is 0 Å². The van der Waals surface area contributed by atoms with E-state index in [1.54, 1.807) is 24.5 Å². The summed E-state index contributed by atoms with van der Waals surface area (Å²) in [5, 5.41) is 9.95. The number of hydrogen-bond donors (Lipinski definition) is 1. The minimum absolute atomic E-state index is 0.0598. The topological polar surface area (TPSA) is 64.3 Å². The van der Waals surface area contributed by atoms with Crippen LogP contribution in [0, 0.1) is 5.82 Å². The van der Waals surface area contributed by atoms with Crippen molar-refractivity contribution < 1.29 is 19.0 Å². The molecule has 1 saturated heterocycles. The van der Waals surface area contributed by atoms with E-state index in [-0.39, 0.29) is 30.2 Å². The lowest BCUT2D eigenvalue weighted by atomic mass is 10.00.